The largest absolute Gasteiger partial charge is 0.472 e. The minimum absolute atomic E-state index is 0.0519. The van der Waals surface area contributed by atoms with Gasteiger partial charge in [0.2, 0.25) is 5.91 Å². The number of rotatable bonds is 51. The number of phosphoric ester groups is 1. The minimum Gasteiger partial charge on any atom is -0.387 e. The van der Waals surface area contributed by atoms with Gasteiger partial charge in [0.05, 0.1) is 39.9 Å². The van der Waals surface area contributed by atoms with Crippen molar-refractivity contribution in [2.75, 3.05) is 40.9 Å². The highest BCUT2D eigenvalue weighted by molar-refractivity contribution is 7.47. The number of amides is 1. The van der Waals surface area contributed by atoms with E-state index in [1.165, 1.54) is 64.2 Å². The summed E-state index contributed by atoms with van der Waals surface area (Å²) >= 11 is 0. The summed E-state index contributed by atoms with van der Waals surface area (Å²) in [7, 11) is 1.54. The molecule has 9 heteroatoms. The molecule has 0 heterocycles. The van der Waals surface area contributed by atoms with Gasteiger partial charge in [0.15, 0.2) is 0 Å². The third-order valence-electron chi connectivity index (χ3n) is 12.1. The van der Waals surface area contributed by atoms with Crippen molar-refractivity contribution in [3.63, 3.8) is 0 Å². The van der Waals surface area contributed by atoms with E-state index < -0.39 is 20.0 Å². The summed E-state index contributed by atoms with van der Waals surface area (Å²) in [6.45, 7) is 4.65. The molecule has 0 saturated carbocycles. The van der Waals surface area contributed by atoms with Crippen LogP contribution < -0.4 is 5.32 Å². The molecule has 0 spiro atoms. The first-order chi connectivity index (χ1) is 36.0. The maximum absolute atomic E-state index is 12.9. The number of aliphatic hydroxyl groups is 1. The fraction of sp³-hybridized carbons (Fsp3) is 0.615. The van der Waals surface area contributed by atoms with Crippen LogP contribution in [0.5, 0.6) is 0 Å². The standard InChI is InChI=1S/C65H109N2O6P/c1-6-8-10-12-14-16-18-19-20-21-22-23-24-25-26-27-28-29-30-31-32-33-34-35-36-37-38-39-40-41-42-43-44-45-46-47-49-51-53-55-57-59-65(69)66-63(62-73-74(70,71)72-61-60-67(3,4)5)64(68)58-56-54-52-50-48-17-15-13-11-9-7-2/h8,10,14,16,19-20,22-23,25-26,28-29,31-32,34-35,37-38,40-41,43-44,56,58,63-64,68H,6-7,9,11-13,15,17-18,21,24,27,30,33,36,39,42,45-55,57,59-62H2,1-5H3,(H-,66,69,70,71)/p+1/b10-8-,16-14-,20-19-,23-22-,26-25-,29-28-,32-31-,35-34-,38-37-,41-40-,44-43-,58-56+. The molecule has 0 aliphatic rings. The van der Waals surface area contributed by atoms with Crippen molar-refractivity contribution in [2.24, 2.45) is 0 Å². The Labute approximate surface area is 455 Å². The molecule has 0 radical (unpaired) electrons. The lowest BCUT2D eigenvalue weighted by molar-refractivity contribution is -0.870. The molecular formula is C65H110N2O6P+. The molecule has 0 saturated heterocycles. The van der Waals surface area contributed by atoms with Crippen LogP contribution in [0, 0.1) is 0 Å². The number of carbonyl (C=O) groups is 1. The maximum Gasteiger partial charge on any atom is 0.472 e. The first-order valence-electron chi connectivity index (χ1n) is 29.2. The molecule has 0 bridgehead atoms. The Kier molecular flexibility index (Phi) is 51.5. The molecule has 0 aromatic carbocycles. The molecule has 0 aromatic rings. The van der Waals surface area contributed by atoms with Gasteiger partial charge in [0.1, 0.15) is 13.2 Å². The molecule has 0 aliphatic heterocycles. The molecular weight excluding hydrogens is 936 g/mol. The number of hydrogen-bond acceptors (Lipinski definition) is 5. The lowest BCUT2D eigenvalue weighted by atomic mass is 10.1. The summed E-state index contributed by atoms with van der Waals surface area (Å²) in [5, 5.41) is 13.8. The van der Waals surface area contributed by atoms with Crippen LogP contribution in [0.4, 0.5) is 0 Å². The monoisotopic (exact) mass is 1050 g/mol. The maximum atomic E-state index is 12.9. The van der Waals surface area contributed by atoms with E-state index in [1.54, 1.807) is 6.08 Å². The second kappa shape index (κ2) is 54.2. The zero-order valence-electron chi connectivity index (χ0n) is 47.8. The molecule has 3 unspecified atom stereocenters. The second-order valence-electron chi connectivity index (χ2n) is 20.3. The number of likely N-dealkylation sites (N-methyl/N-ethyl adjacent to an activating group) is 1. The number of hydrogen-bond donors (Lipinski definition) is 3. The van der Waals surface area contributed by atoms with E-state index in [0.29, 0.717) is 17.4 Å². The van der Waals surface area contributed by atoms with Gasteiger partial charge in [-0.05, 0) is 103 Å². The van der Waals surface area contributed by atoms with Crippen LogP contribution in [-0.2, 0) is 18.4 Å². The van der Waals surface area contributed by atoms with Gasteiger partial charge in [0, 0.05) is 6.42 Å². The van der Waals surface area contributed by atoms with Crippen molar-refractivity contribution in [1.82, 2.24) is 5.32 Å². The van der Waals surface area contributed by atoms with Gasteiger partial charge in [0.25, 0.3) is 0 Å². The zero-order chi connectivity index (χ0) is 54.2. The fourth-order valence-corrected chi connectivity index (χ4v) is 8.25. The van der Waals surface area contributed by atoms with Crippen LogP contribution in [-0.4, -0.2) is 73.4 Å². The Morgan fingerprint density at radius 1 is 0.473 bits per heavy atom. The number of allylic oxidation sites excluding steroid dienone is 23. The predicted molar refractivity (Wildman–Crippen MR) is 322 cm³/mol. The topological polar surface area (TPSA) is 105 Å². The number of nitrogens with one attached hydrogen (secondary N) is 1. The Morgan fingerprint density at radius 3 is 1.19 bits per heavy atom. The summed E-state index contributed by atoms with van der Waals surface area (Å²) in [4.78, 5) is 23.2. The number of unbranched alkanes of at least 4 members (excludes halogenated alkanes) is 16. The zero-order valence-corrected chi connectivity index (χ0v) is 48.7. The molecule has 1 amide bonds. The van der Waals surface area contributed by atoms with Gasteiger partial charge in [-0.1, -0.05) is 243 Å². The van der Waals surface area contributed by atoms with Gasteiger partial charge >= 0.3 is 7.82 Å². The summed E-state index contributed by atoms with van der Waals surface area (Å²) < 4.78 is 23.6. The van der Waals surface area contributed by atoms with Crippen molar-refractivity contribution in [3.8, 4) is 0 Å². The molecule has 0 fully saturated rings. The SMILES string of the molecule is CC/C=C\C/C=C\C/C=C\C/C=C\C/C=C\C/C=C\C/C=C\C/C=C\C/C=C\C/C=C\C/C=C\CCCCCCCCCC(=O)NC(COP(=O)(O)OCC[N+](C)(C)C)C(O)/C=C/CCCCCCCCCCC. The van der Waals surface area contributed by atoms with E-state index in [1.807, 2.05) is 27.2 Å². The first-order valence-corrected chi connectivity index (χ1v) is 30.7. The minimum atomic E-state index is -4.35. The second-order valence-corrected chi connectivity index (χ2v) is 21.7. The summed E-state index contributed by atoms with van der Waals surface area (Å²) in [5.41, 5.74) is 0. The van der Waals surface area contributed by atoms with Gasteiger partial charge < -0.3 is 19.8 Å². The lowest BCUT2D eigenvalue weighted by Crippen LogP contribution is -2.45. The van der Waals surface area contributed by atoms with E-state index >= 15 is 0 Å². The molecule has 0 rings (SSSR count). The van der Waals surface area contributed by atoms with Crippen LogP contribution in [0.2, 0.25) is 0 Å². The Bertz CT molecular complexity index is 1710. The van der Waals surface area contributed by atoms with Crippen molar-refractivity contribution in [3.05, 3.63) is 146 Å². The molecule has 420 valence electrons. The van der Waals surface area contributed by atoms with Crippen molar-refractivity contribution in [2.45, 2.75) is 219 Å². The smallest absolute Gasteiger partial charge is 0.387 e. The molecule has 0 aromatic heterocycles. The van der Waals surface area contributed by atoms with Crippen molar-refractivity contribution >= 4 is 13.7 Å². The highest BCUT2D eigenvalue weighted by atomic mass is 31.2. The molecule has 3 N–H and O–H groups in total. The van der Waals surface area contributed by atoms with Crippen LogP contribution in [0.15, 0.2) is 146 Å². The lowest BCUT2D eigenvalue weighted by Gasteiger charge is -2.25. The van der Waals surface area contributed by atoms with Gasteiger partial charge in [-0.2, -0.15) is 0 Å². The first kappa shape index (κ1) is 70.4. The highest BCUT2D eigenvalue weighted by Crippen LogP contribution is 2.43. The molecule has 74 heavy (non-hydrogen) atoms. The van der Waals surface area contributed by atoms with Crippen molar-refractivity contribution in [1.29, 1.82) is 0 Å². The Balaban J connectivity index is 4.11. The van der Waals surface area contributed by atoms with Crippen LogP contribution in [0.3, 0.4) is 0 Å². The van der Waals surface area contributed by atoms with Crippen LogP contribution >= 0.6 is 7.82 Å². The Morgan fingerprint density at radius 2 is 0.811 bits per heavy atom. The number of phosphoric acid groups is 1. The van der Waals surface area contributed by atoms with Crippen molar-refractivity contribution < 1.29 is 32.9 Å². The summed E-state index contributed by atoms with van der Waals surface area (Å²) in [6, 6.07) is -0.861. The normalized spacial score (nSPS) is 15.0. The van der Waals surface area contributed by atoms with Crippen LogP contribution in [0.1, 0.15) is 206 Å². The van der Waals surface area contributed by atoms with Crippen LogP contribution in [0.25, 0.3) is 0 Å². The third-order valence-corrected chi connectivity index (χ3v) is 13.0. The third kappa shape index (κ3) is 56.1. The number of quaternary nitrogens is 1. The Hall–Kier alpha value is -3.62. The number of aliphatic hydroxyl groups excluding tert-OH is 1. The average Bonchev–Trinajstić information content (AvgIpc) is 3.36. The van der Waals surface area contributed by atoms with Gasteiger partial charge in [-0.15, -0.1) is 0 Å². The number of carbonyl (C=O) groups excluding carboxylic acids is 1. The van der Waals surface area contributed by atoms with E-state index in [4.69, 9.17) is 9.05 Å². The highest BCUT2D eigenvalue weighted by Gasteiger charge is 2.27. The number of nitrogens with zero attached hydrogens (tertiary/aromatic N) is 1. The summed E-state index contributed by atoms with van der Waals surface area (Å²) in [5.74, 6) is -0.196. The van der Waals surface area contributed by atoms with E-state index in [2.05, 4.69) is 153 Å². The fourth-order valence-electron chi connectivity index (χ4n) is 7.52. The average molecular weight is 1050 g/mol. The quantitative estimate of drug-likeness (QED) is 0.0243. The van der Waals surface area contributed by atoms with Gasteiger partial charge in [-0.3, -0.25) is 13.8 Å². The van der Waals surface area contributed by atoms with E-state index in [0.717, 1.165) is 122 Å². The van der Waals surface area contributed by atoms with E-state index in [-0.39, 0.29) is 19.1 Å². The molecule has 3 atom stereocenters. The van der Waals surface area contributed by atoms with Gasteiger partial charge in [-0.25, -0.2) is 4.57 Å². The predicted octanol–water partition coefficient (Wildman–Crippen LogP) is 18.1. The van der Waals surface area contributed by atoms with E-state index in [9.17, 15) is 19.4 Å². The summed E-state index contributed by atoms with van der Waals surface area (Å²) in [6.07, 6.45) is 83.9. The molecule has 0 aliphatic carbocycles. The molecule has 8 nitrogen and oxygen atoms in total.